The van der Waals surface area contributed by atoms with Crippen LogP contribution in [0.3, 0.4) is 0 Å². The first kappa shape index (κ1) is 25.4. The predicted molar refractivity (Wildman–Crippen MR) is 135 cm³/mol. The predicted octanol–water partition coefficient (Wildman–Crippen LogP) is 2.62. The molecule has 1 aliphatic rings. The Morgan fingerprint density at radius 2 is 1.87 bits per heavy atom. The third-order valence-corrected chi connectivity index (χ3v) is 6.29. The van der Waals surface area contributed by atoms with E-state index in [9.17, 15) is 8.42 Å². The monoisotopic (exact) mass is 558 g/mol. The Balaban J connectivity index is 0.00000341. The Morgan fingerprint density at radius 3 is 2.61 bits per heavy atom. The summed E-state index contributed by atoms with van der Waals surface area (Å²) in [6.07, 6.45) is 1.84. The molecule has 3 N–H and O–H groups in total. The number of nitrogens with zero attached hydrogens (tertiary/aromatic N) is 1. The summed E-state index contributed by atoms with van der Waals surface area (Å²) in [4.78, 5) is 4.73. The average Bonchev–Trinajstić information content (AvgIpc) is 3.19. The zero-order chi connectivity index (χ0) is 21.4. The van der Waals surface area contributed by atoms with Crippen LogP contribution in [0.2, 0.25) is 0 Å². The van der Waals surface area contributed by atoms with E-state index < -0.39 is 10.0 Å². The molecule has 9 heteroatoms. The molecule has 0 saturated carbocycles. The molecular weight excluding hydrogens is 527 g/mol. The number of ether oxygens (including phenoxy) is 1. The summed E-state index contributed by atoms with van der Waals surface area (Å²) in [7, 11) is -3.52. The number of nitrogens with one attached hydrogen (secondary N) is 3. The summed E-state index contributed by atoms with van der Waals surface area (Å²) >= 11 is 0. The SMILES string of the molecule is CCNC(=NCCNS(=O)(=O)c1ccc(C)cc1)NCCc1ccc2c(c1)CCO2.I. The Morgan fingerprint density at radius 1 is 1.10 bits per heavy atom. The number of aliphatic imine (C=N–C) groups is 1. The van der Waals surface area contributed by atoms with Crippen LogP contribution in [0.5, 0.6) is 5.75 Å². The van der Waals surface area contributed by atoms with E-state index >= 15 is 0 Å². The van der Waals surface area contributed by atoms with Gasteiger partial charge in [0.1, 0.15) is 5.75 Å². The smallest absolute Gasteiger partial charge is 0.240 e. The lowest BCUT2D eigenvalue weighted by Gasteiger charge is -2.12. The fourth-order valence-electron chi connectivity index (χ4n) is 3.21. The number of rotatable bonds is 9. The first-order valence-corrected chi connectivity index (χ1v) is 11.8. The van der Waals surface area contributed by atoms with Crippen molar-refractivity contribution < 1.29 is 13.2 Å². The van der Waals surface area contributed by atoms with Gasteiger partial charge in [-0.3, -0.25) is 4.99 Å². The van der Waals surface area contributed by atoms with Crippen LogP contribution in [0.1, 0.15) is 23.6 Å². The fraction of sp³-hybridized carbons (Fsp3) is 0.409. The quantitative estimate of drug-likeness (QED) is 0.191. The lowest BCUT2D eigenvalue weighted by Crippen LogP contribution is -2.39. The molecule has 3 rings (SSSR count). The molecule has 1 aliphatic heterocycles. The zero-order valence-electron chi connectivity index (χ0n) is 18.0. The minimum absolute atomic E-state index is 0. The van der Waals surface area contributed by atoms with Gasteiger partial charge in [-0.15, -0.1) is 24.0 Å². The zero-order valence-corrected chi connectivity index (χ0v) is 21.1. The maximum Gasteiger partial charge on any atom is 0.240 e. The highest BCUT2D eigenvalue weighted by atomic mass is 127. The van der Waals surface area contributed by atoms with Crippen molar-refractivity contribution >= 4 is 40.0 Å². The average molecular weight is 558 g/mol. The number of sulfonamides is 1. The van der Waals surface area contributed by atoms with Gasteiger partial charge in [0.25, 0.3) is 0 Å². The molecule has 170 valence electrons. The van der Waals surface area contributed by atoms with Crippen molar-refractivity contribution in [3.05, 3.63) is 59.2 Å². The summed E-state index contributed by atoms with van der Waals surface area (Å²) in [6.45, 7) is 6.73. The van der Waals surface area contributed by atoms with Crippen LogP contribution >= 0.6 is 24.0 Å². The van der Waals surface area contributed by atoms with Gasteiger partial charge in [0.05, 0.1) is 18.0 Å². The molecule has 0 bridgehead atoms. The van der Waals surface area contributed by atoms with Crippen LogP contribution in [0.25, 0.3) is 0 Å². The summed E-state index contributed by atoms with van der Waals surface area (Å²) in [5, 5.41) is 6.49. The van der Waals surface area contributed by atoms with E-state index in [-0.39, 0.29) is 35.4 Å². The van der Waals surface area contributed by atoms with Crippen LogP contribution in [0, 0.1) is 6.92 Å². The summed E-state index contributed by atoms with van der Waals surface area (Å²) in [5.41, 5.74) is 3.55. The molecule has 0 radical (unpaired) electrons. The third-order valence-electron chi connectivity index (χ3n) is 4.81. The van der Waals surface area contributed by atoms with E-state index in [1.165, 1.54) is 11.1 Å². The van der Waals surface area contributed by atoms with E-state index in [2.05, 4.69) is 32.5 Å². The molecule has 1 heterocycles. The molecule has 0 saturated heterocycles. The Labute approximate surface area is 202 Å². The first-order valence-electron chi connectivity index (χ1n) is 10.3. The number of benzene rings is 2. The number of hydrogen-bond acceptors (Lipinski definition) is 4. The van der Waals surface area contributed by atoms with E-state index in [4.69, 9.17) is 4.74 Å². The molecule has 0 aliphatic carbocycles. The van der Waals surface area contributed by atoms with Gasteiger partial charge >= 0.3 is 0 Å². The minimum atomic E-state index is -3.52. The van der Waals surface area contributed by atoms with Crippen molar-refractivity contribution in [2.75, 3.05) is 32.8 Å². The van der Waals surface area contributed by atoms with Gasteiger partial charge in [0.2, 0.25) is 10.0 Å². The molecule has 0 amide bonds. The van der Waals surface area contributed by atoms with Crippen molar-refractivity contribution in [2.45, 2.75) is 31.6 Å². The highest BCUT2D eigenvalue weighted by Gasteiger charge is 2.13. The van der Waals surface area contributed by atoms with Crippen molar-refractivity contribution in [1.82, 2.24) is 15.4 Å². The normalized spacial score (nSPS) is 13.2. The van der Waals surface area contributed by atoms with Gasteiger partial charge in [-0.2, -0.15) is 0 Å². The maximum atomic E-state index is 12.3. The molecule has 0 fully saturated rings. The molecule has 0 aromatic heterocycles. The molecule has 31 heavy (non-hydrogen) atoms. The summed E-state index contributed by atoms with van der Waals surface area (Å²) in [5.74, 6) is 1.67. The first-order chi connectivity index (χ1) is 14.5. The van der Waals surface area contributed by atoms with Crippen molar-refractivity contribution in [1.29, 1.82) is 0 Å². The van der Waals surface area contributed by atoms with Crippen molar-refractivity contribution in [2.24, 2.45) is 4.99 Å². The van der Waals surface area contributed by atoms with Gasteiger partial charge in [-0.1, -0.05) is 29.8 Å². The molecule has 2 aromatic rings. The van der Waals surface area contributed by atoms with Gasteiger partial charge in [-0.05, 0) is 49.6 Å². The second kappa shape index (κ2) is 12.3. The van der Waals surface area contributed by atoms with Crippen LogP contribution in [0.15, 0.2) is 52.4 Å². The van der Waals surface area contributed by atoms with Crippen molar-refractivity contribution in [3.63, 3.8) is 0 Å². The largest absolute Gasteiger partial charge is 0.493 e. The highest BCUT2D eigenvalue weighted by Crippen LogP contribution is 2.25. The fourth-order valence-corrected chi connectivity index (χ4v) is 4.23. The topological polar surface area (TPSA) is 91.8 Å². The van der Waals surface area contributed by atoms with Crippen LogP contribution in [-0.4, -0.2) is 47.2 Å². The van der Waals surface area contributed by atoms with Gasteiger partial charge in [0.15, 0.2) is 5.96 Å². The number of aryl methyl sites for hydroxylation is 1. The number of halogens is 1. The van der Waals surface area contributed by atoms with Gasteiger partial charge in [0, 0.05) is 26.1 Å². The van der Waals surface area contributed by atoms with E-state index in [0.717, 1.165) is 43.9 Å². The molecule has 2 aromatic carbocycles. The minimum Gasteiger partial charge on any atom is -0.493 e. The summed E-state index contributed by atoms with van der Waals surface area (Å²) < 4.78 is 32.8. The van der Waals surface area contributed by atoms with Crippen LogP contribution < -0.4 is 20.1 Å². The third kappa shape index (κ3) is 7.65. The lowest BCUT2D eigenvalue weighted by atomic mass is 10.1. The molecule has 7 nitrogen and oxygen atoms in total. The standard InChI is InChI=1S/C22H30N4O3S.HI/c1-3-23-22(24-12-10-18-6-9-21-19(16-18)11-15-29-21)25-13-14-26-30(27,28)20-7-4-17(2)5-8-20;/h4-9,16,26H,3,10-15H2,1-2H3,(H2,23,24,25);1H. The van der Waals surface area contributed by atoms with Gasteiger partial charge < -0.3 is 15.4 Å². The van der Waals surface area contributed by atoms with E-state index in [1.807, 2.05) is 19.9 Å². The second-order valence-corrected chi connectivity index (χ2v) is 8.96. The van der Waals surface area contributed by atoms with Gasteiger partial charge in [-0.25, -0.2) is 13.1 Å². The van der Waals surface area contributed by atoms with Crippen molar-refractivity contribution in [3.8, 4) is 5.75 Å². The van der Waals surface area contributed by atoms with E-state index in [1.54, 1.807) is 24.3 Å². The molecule has 0 atom stereocenters. The number of hydrogen-bond donors (Lipinski definition) is 3. The Hall–Kier alpha value is -1.85. The Kier molecular flexibility index (Phi) is 10.0. The summed E-state index contributed by atoms with van der Waals surface area (Å²) in [6, 6.07) is 13.1. The maximum absolute atomic E-state index is 12.3. The highest BCUT2D eigenvalue weighted by molar-refractivity contribution is 14.0. The van der Waals surface area contributed by atoms with Crippen LogP contribution in [0.4, 0.5) is 0 Å². The number of fused-ring (bicyclic) bond motifs is 1. The molecule has 0 spiro atoms. The lowest BCUT2D eigenvalue weighted by molar-refractivity contribution is 0.357. The second-order valence-electron chi connectivity index (χ2n) is 7.19. The molecule has 0 unspecified atom stereocenters. The number of guanidine groups is 1. The van der Waals surface area contributed by atoms with E-state index in [0.29, 0.717) is 12.5 Å². The molecular formula is C22H31IN4O3S. The van der Waals surface area contributed by atoms with Crippen LogP contribution in [-0.2, 0) is 22.9 Å². The Bertz CT molecular complexity index is 979.